The Morgan fingerprint density at radius 2 is 1.74 bits per heavy atom. The zero-order valence-corrected chi connectivity index (χ0v) is 16.6. The summed E-state index contributed by atoms with van der Waals surface area (Å²) in [6.45, 7) is 4.36. The van der Waals surface area contributed by atoms with Crippen LogP contribution in [0.4, 0.5) is 4.39 Å². The van der Waals surface area contributed by atoms with Crippen LogP contribution in [-0.2, 0) is 13.2 Å². The van der Waals surface area contributed by atoms with Gasteiger partial charge in [-0.3, -0.25) is 0 Å². The lowest BCUT2D eigenvalue weighted by molar-refractivity contribution is 0.262. The number of ether oxygens (including phenoxy) is 2. The van der Waals surface area contributed by atoms with Crippen LogP contribution in [0.1, 0.15) is 37.3 Å². The van der Waals surface area contributed by atoms with Gasteiger partial charge in [-0.25, -0.2) is 4.39 Å². The van der Waals surface area contributed by atoms with Crippen LogP contribution in [0.5, 0.6) is 11.5 Å². The molecule has 150 valence electrons. The molecule has 0 heterocycles. The van der Waals surface area contributed by atoms with Gasteiger partial charge >= 0.3 is 0 Å². The fraction of sp³-hybridized carbons (Fsp3) is 0.429. The molecular formula is C21H29ClFNO3. The van der Waals surface area contributed by atoms with Crippen molar-refractivity contribution in [2.45, 2.75) is 39.3 Å². The Bertz CT molecular complexity index is 670. The second kappa shape index (κ2) is 13.4. The molecular weight excluding hydrogens is 369 g/mol. The second-order valence-corrected chi connectivity index (χ2v) is 6.02. The maximum absolute atomic E-state index is 13.9. The van der Waals surface area contributed by atoms with Crippen molar-refractivity contribution < 1.29 is 19.0 Å². The molecule has 2 N–H and O–H groups in total. The lowest BCUT2D eigenvalue weighted by atomic mass is 10.1. The molecule has 0 aromatic heterocycles. The quantitative estimate of drug-likeness (QED) is 0.518. The Balaban J connectivity index is 0.00000364. The Kier molecular flexibility index (Phi) is 11.5. The number of hydrogen-bond donors (Lipinski definition) is 2. The van der Waals surface area contributed by atoms with Crippen LogP contribution in [0.2, 0.25) is 0 Å². The third-order valence-electron chi connectivity index (χ3n) is 4.02. The van der Waals surface area contributed by atoms with Crippen molar-refractivity contribution in [2.75, 3.05) is 19.8 Å². The summed E-state index contributed by atoms with van der Waals surface area (Å²) in [5.74, 6) is 1.05. The Labute approximate surface area is 167 Å². The van der Waals surface area contributed by atoms with Crippen LogP contribution in [-0.4, -0.2) is 24.9 Å². The summed E-state index contributed by atoms with van der Waals surface area (Å²) in [7, 11) is 0. The molecule has 0 aliphatic carbocycles. The first-order valence-corrected chi connectivity index (χ1v) is 9.18. The molecule has 0 amide bonds. The lowest BCUT2D eigenvalue weighted by Crippen LogP contribution is -2.16. The smallest absolute Gasteiger partial charge is 0.166 e. The highest BCUT2D eigenvalue weighted by Crippen LogP contribution is 2.32. The molecule has 2 aromatic carbocycles. The van der Waals surface area contributed by atoms with E-state index in [2.05, 4.69) is 5.32 Å². The molecule has 0 radical (unpaired) electrons. The number of nitrogens with one attached hydrogen (secondary N) is 1. The molecule has 0 spiro atoms. The molecule has 0 saturated carbocycles. The van der Waals surface area contributed by atoms with Gasteiger partial charge in [-0.15, -0.1) is 12.4 Å². The van der Waals surface area contributed by atoms with Crippen molar-refractivity contribution in [2.24, 2.45) is 0 Å². The minimum absolute atomic E-state index is 0. The maximum atomic E-state index is 13.9. The van der Waals surface area contributed by atoms with Crippen molar-refractivity contribution in [1.82, 2.24) is 5.32 Å². The highest BCUT2D eigenvalue weighted by Gasteiger charge is 2.12. The average molecular weight is 398 g/mol. The number of hydrogen-bond acceptors (Lipinski definition) is 4. The van der Waals surface area contributed by atoms with Gasteiger partial charge in [0.2, 0.25) is 0 Å². The van der Waals surface area contributed by atoms with Gasteiger partial charge in [-0.1, -0.05) is 30.3 Å². The minimum atomic E-state index is -0.273. The number of para-hydroxylation sites is 1. The largest absolute Gasteiger partial charge is 0.490 e. The van der Waals surface area contributed by atoms with Gasteiger partial charge in [-0.2, -0.15) is 0 Å². The van der Waals surface area contributed by atoms with Crippen LogP contribution in [0.3, 0.4) is 0 Å². The van der Waals surface area contributed by atoms with Crippen molar-refractivity contribution in [3.8, 4) is 11.5 Å². The van der Waals surface area contributed by atoms with E-state index in [1.54, 1.807) is 18.2 Å². The van der Waals surface area contributed by atoms with Crippen LogP contribution in [0, 0.1) is 5.82 Å². The molecule has 0 fully saturated rings. The van der Waals surface area contributed by atoms with E-state index in [0.717, 1.165) is 31.4 Å². The molecule has 0 saturated heterocycles. The van der Waals surface area contributed by atoms with Gasteiger partial charge in [-0.05, 0) is 44.9 Å². The maximum Gasteiger partial charge on any atom is 0.166 e. The topological polar surface area (TPSA) is 50.7 Å². The molecule has 0 unspecified atom stereocenters. The first kappa shape index (κ1) is 23.2. The normalized spacial score (nSPS) is 10.3. The summed E-state index contributed by atoms with van der Waals surface area (Å²) < 4.78 is 25.5. The molecule has 6 heteroatoms. The summed E-state index contributed by atoms with van der Waals surface area (Å²) in [5, 5.41) is 12.2. The predicted molar refractivity (Wildman–Crippen MR) is 108 cm³/mol. The van der Waals surface area contributed by atoms with Crippen molar-refractivity contribution >= 4 is 12.4 Å². The van der Waals surface area contributed by atoms with E-state index >= 15 is 0 Å². The van der Waals surface area contributed by atoms with E-state index in [1.165, 1.54) is 6.07 Å². The molecule has 2 aromatic rings. The summed E-state index contributed by atoms with van der Waals surface area (Å²) in [4.78, 5) is 0. The van der Waals surface area contributed by atoms with E-state index in [-0.39, 0.29) is 31.4 Å². The zero-order chi connectivity index (χ0) is 18.6. The number of unbranched alkanes of at least 4 members (excludes halogenated alkanes) is 2. The number of rotatable bonds is 12. The minimum Gasteiger partial charge on any atom is -0.490 e. The van der Waals surface area contributed by atoms with Gasteiger partial charge in [0.15, 0.2) is 11.5 Å². The highest BCUT2D eigenvalue weighted by atomic mass is 35.5. The molecule has 0 aliphatic rings. The number of aliphatic hydroxyl groups excluding tert-OH is 1. The standard InChI is InChI=1S/C21H28FNO3.ClH/c1-2-25-20-12-8-10-17(15-23-13-6-3-7-14-24)21(20)26-16-18-9-4-5-11-19(18)22;/h4-5,8-12,23-24H,2-3,6-7,13-16H2,1H3;1H. The highest BCUT2D eigenvalue weighted by molar-refractivity contribution is 5.85. The van der Waals surface area contributed by atoms with E-state index in [4.69, 9.17) is 14.6 Å². The number of aliphatic hydroxyl groups is 1. The first-order valence-electron chi connectivity index (χ1n) is 9.18. The molecule has 0 atom stereocenters. The lowest BCUT2D eigenvalue weighted by Gasteiger charge is -2.17. The molecule has 2 rings (SSSR count). The molecule has 0 bridgehead atoms. The number of halogens is 2. The summed E-state index contributed by atoms with van der Waals surface area (Å²) in [5.41, 5.74) is 1.50. The van der Waals surface area contributed by atoms with Crippen LogP contribution < -0.4 is 14.8 Å². The van der Waals surface area contributed by atoms with Gasteiger partial charge in [0, 0.05) is 24.3 Å². The summed E-state index contributed by atoms with van der Waals surface area (Å²) >= 11 is 0. The fourth-order valence-electron chi connectivity index (χ4n) is 2.66. The van der Waals surface area contributed by atoms with Crippen molar-refractivity contribution in [1.29, 1.82) is 0 Å². The van der Waals surface area contributed by atoms with E-state index < -0.39 is 0 Å². The molecule has 4 nitrogen and oxygen atoms in total. The predicted octanol–water partition coefficient (Wildman–Crippen LogP) is 4.48. The molecule has 27 heavy (non-hydrogen) atoms. The average Bonchev–Trinajstić information content (AvgIpc) is 2.65. The Morgan fingerprint density at radius 1 is 0.963 bits per heavy atom. The zero-order valence-electron chi connectivity index (χ0n) is 15.7. The van der Waals surface area contributed by atoms with Gasteiger partial charge < -0.3 is 19.9 Å². The third-order valence-corrected chi connectivity index (χ3v) is 4.02. The van der Waals surface area contributed by atoms with E-state index in [1.807, 2.05) is 25.1 Å². The van der Waals surface area contributed by atoms with Crippen LogP contribution in [0.25, 0.3) is 0 Å². The van der Waals surface area contributed by atoms with Crippen molar-refractivity contribution in [3.63, 3.8) is 0 Å². The third kappa shape index (κ3) is 7.75. The molecule has 0 aliphatic heterocycles. The Hall–Kier alpha value is -1.82. The second-order valence-electron chi connectivity index (χ2n) is 6.02. The first-order chi connectivity index (χ1) is 12.8. The van der Waals surface area contributed by atoms with E-state index in [0.29, 0.717) is 30.2 Å². The summed E-state index contributed by atoms with van der Waals surface area (Å²) in [6.07, 6.45) is 2.84. The van der Waals surface area contributed by atoms with Crippen LogP contribution >= 0.6 is 12.4 Å². The Morgan fingerprint density at radius 3 is 2.48 bits per heavy atom. The number of benzene rings is 2. The summed E-state index contributed by atoms with van der Waals surface area (Å²) in [6, 6.07) is 12.4. The van der Waals surface area contributed by atoms with Gasteiger partial charge in [0.1, 0.15) is 12.4 Å². The van der Waals surface area contributed by atoms with Gasteiger partial charge in [0.05, 0.1) is 6.61 Å². The van der Waals surface area contributed by atoms with Crippen LogP contribution in [0.15, 0.2) is 42.5 Å². The SMILES string of the molecule is CCOc1cccc(CNCCCCCO)c1OCc1ccccc1F.Cl. The van der Waals surface area contributed by atoms with Gasteiger partial charge in [0.25, 0.3) is 0 Å². The van der Waals surface area contributed by atoms with Crippen molar-refractivity contribution in [3.05, 3.63) is 59.4 Å². The van der Waals surface area contributed by atoms with E-state index in [9.17, 15) is 4.39 Å². The monoisotopic (exact) mass is 397 g/mol. The fourth-order valence-corrected chi connectivity index (χ4v) is 2.66.